The molecule has 0 saturated carbocycles. The fraction of sp³-hybridized carbons (Fsp3) is 0.0690. The summed E-state index contributed by atoms with van der Waals surface area (Å²) in [5, 5.41) is 4.00. The van der Waals surface area contributed by atoms with Crippen molar-refractivity contribution in [3.8, 4) is 16.8 Å². The van der Waals surface area contributed by atoms with Gasteiger partial charge in [-0.05, 0) is 30.7 Å². The van der Waals surface area contributed by atoms with Gasteiger partial charge in [-0.2, -0.15) is 0 Å². The number of aromatic amines is 1. The lowest BCUT2D eigenvalue weighted by molar-refractivity contribution is 0.102. The zero-order valence-corrected chi connectivity index (χ0v) is 21.0. The second kappa shape index (κ2) is 9.26. The van der Waals surface area contributed by atoms with Gasteiger partial charge in [-0.3, -0.25) is 14.2 Å². The Kier molecular flexibility index (Phi) is 5.79. The molecule has 0 aliphatic heterocycles. The van der Waals surface area contributed by atoms with E-state index in [0.717, 1.165) is 33.4 Å². The predicted octanol–water partition coefficient (Wildman–Crippen LogP) is 6.88. The first-order chi connectivity index (χ1) is 17.6. The Bertz CT molecular complexity index is 1780. The van der Waals surface area contributed by atoms with Crippen LogP contribution in [0.1, 0.15) is 16.1 Å². The molecule has 3 aromatic carbocycles. The molecule has 0 amide bonds. The molecule has 176 valence electrons. The number of aryl methyl sites for hydroxylation is 1. The lowest BCUT2D eigenvalue weighted by atomic mass is 10.1. The topological polar surface area (TPSA) is 67.8 Å². The fourth-order valence-electron chi connectivity index (χ4n) is 4.54. The normalized spacial score (nSPS) is 11.4. The van der Waals surface area contributed by atoms with Gasteiger partial charge in [0, 0.05) is 33.1 Å². The zero-order chi connectivity index (χ0) is 24.6. The Labute approximate surface area is 215 Å². The minimum Gasteiger partial charge on any atom is -0.358 e. The van der Waals surface area contributed by atoms with Crippen LogP contribution < -0.4 is 5.56 Å². The molecule has 0 atom stereocenters. The number of benzene rings is 3. The van der Waals surface area contributed by atoms with Crippen LogP contribution in [0.15, 0.2) is 100 Å². The van der Waals surface area contributed by atoms with Crippen LogP contribution in [0.5, 0.6) is 0 Å². The van der Waals surface area contributed by atoms with E-state index >= 15 is 0 Å². The summed E-state index contributed by atoms with van der Waals surface area (Å²) in [5.41, 5.74) is 4.92. The van der Waals surface area contributed by atoms with Gasteiger partial charge in [0.05, 0.1) is 16.8 Å². The van der Waals surface area contributed by atoms with Gasteiger partial charge >= 0.3 is 0 Å². The van der Waals surface area contributed by atoms with Crippen LogP contribution in [0, 0.1) is 6.92 Å². The first-order valence-corrected chi connectivity index (χ1v) is 13.4. The van der Waals surface area contributed by atoms with Crippen LogP contribution >= 0.6 is 23.1 Å². The smallest absolute Gasteiger partial charge is 0.268 e. The molecule has 0 radical (unpaired) electrons. The summed E-state index contributed by atoms with van der Waals surface area (Å²) in [4.78, 5) is 36.1. The van der Waals surface area contributed by atoms with E-state index in [1.54, 1.807) is 4.57 Å². The number of hydrogen-bond donors (Lipinski definition) is 1. The molecule has 1 N–H and O–H groups in total. The van der Waals surface area contributed by atoms with E-state index in [9.17, 15) is 9.59 Å². The number of carbonyl (C=O) groups is 1. The molecular weight excluding hydrogens is 486 g/mol. The van der Waals surface area contributed by atoms with Crippen LogP contribution in [0.3, 0.4) is 0 Å². The third-order valence-electron chi connectivity index (χ3n) is 6.18. The number of H-pyrrole nitrogens is 1. The number of fused-ring (bicyclic) bond motifs is 2. The van der Waals surface area contributed by atoms with Crippen molar-refractivity contribution in [2.75, 3.05) is 5.75 Å². The number of Topliss-reactive ketones (excluding diaryl/α,β-unsaturated/α-hetero) is 1. The van der Waals surface area contributed by atoms with E-state index in [0.29, 0.717) is 20.9 Å². The average molecular weight is 508 g/mol. The fourth-order valence-corrected chi connectivity index (χ4v) is 6.42. The summed E-state index contributed by atoms with van der Waals surface area (Å²) in [5.74, 6) is 0.171. The summed E-state index contributed by atoms with van der Waals surface area (Å²) in [6, 6.07) is 27.2. The van der Waals surface area contributed by atoms with Crippen molar-refractivity contribution >= 4 is 50.0 Å². The second-order valence-corrected chi connectivity index (χ2v) is 10.2. The number of aromatic nitrogens is 3. The lowest BCUT2D eigenvalue weighted by Gasteiger charge is -2.12. The number of carbonyl (C=O) groups excluding carboxylic acids is 1. The number of para-hydroxylation sites is 2. The molecule has 0 spiro atoms. The maximum absolute atomic E-state index is 13.9. The van der Waals surface area contributed by atoms with Crippen LogP contribution in [0.4, 0.5) is 0 Å². The van der Waals surface area contributed by atoms with Gasteiger partial charge in [-0.15, -0.1) is 11.3 Å². The van der Waals surface area contributed by atoms with Gasteiger partial charge in [0.1, 0.15) is 4.83 Å². The molecule has 0 fully saturated rings. The van der Waals surface area contributed by atoms with Crippen molar-refractivity contribution in [1.29, 1.82) is 0 Å². The number of thiophene rings is 1. The summed E-state index contributed by atoms with van der Waals surface area (Å²) < 4.78 is 1.63. The minimum atomic E-state index is -0.135. The van der Waals surface area contributed by atoms with Crippen molar-refractivity contribution in [2.45, 2.75) is 12.1 Å². The molecular formula is C29H21N3O2S2. The summed E-state index contributed by atoms with van der Waals surface area (Å²) >= 11 is 2.74. The Hall–Kier alpha value is -3.94. The Morgan fingerprint density at radius 2 is 1.67 bits per heavy atom. The highest BCUT2D eigenvalue weighted by atomic mass is 32.2. The Morgan fingerprint density at radius 3 is 2.44 bits per heavy atom. The van der Waals surface area contributed by atoms with Gasteiger partial charge in [-0.25, -0.2) is 4.98 Å². The van der Waals surface area contributed by atoms with Crippen molar-refractivity contribution in [2.24, 2.45) is 0 Å². The first-order valence-electron chi connectivity index (χ1n) is 11.5. The molecule has 3 heterocycles. The molecule has 5 nitrogen and oxygen atoms in total. The van der Waals surface area contributed by atoms with Crippen LogP contribution in [0.25, 0.3) is 37.9 Å². The average Bonchev–Trinajstić information content (AvgIpc) is 3.49. The molecule has 7 heteroatoms. The Morgan fingerprint density at radius 1 is 0.972 bits per heavy atom. The highest BCUT2D eigenvalue weighted by Gasteiger charge is 2.21. The first kappa shape index (κ1) is 22.5. The molecule has 3 aromatic heterocycles. The highest BCUT2D eigenvalue weighted by Crippen LogP contribution is 2.33. The monoisotopic (exact) mass is 507 g/mol. The molecule has 0 aliphatic carbocycles. The van der Waals surface area contributed by atoms with Gasteiger partial charge in [0.25, 0.3) is 5.56 Å². The number of ketones is 1. The van der Waals surface area contributed by atoms with E-state index in [4.69, 9.17) is 4.98 Å². The quantitative estimate of drug-likeness (QED) is 0.152. The standard InChI is InChI=1S/C29H21N3O2S2/c1-18-25(21-14-8-9-15-23(21)30-18)24(33)17-36-29-31-27-26(22(16-35-27)19-10-4-2-5-11-19)28(34)32(29)20-12-6-3-7-13-20/h2-16,30H,17H2,1H3. The molecule has 6 rings (SSSR count). The van der Waals surface area contributed by atoms with E-state index < -0.39 is 0 Å². The summed E-state index contributed by atoms with van der Waals surface area (Å²) in [7, 11) is 0. The van der Waals surface area contributed by atoms with Gasteiger partial charge < -0.3 is 4.98 Å². The van der Waals surface area contributed by atoms with Crippen molar-refractivity contribution in [1.82, 2.24) is 14.5 Å². The van der Waals surface area contributed by atoms with Crippen LogP contribution in [-0.4, -0.2) is 26.1 Å². The summed E-state index contributed by atoms with van der Waals surface area (Å²) in [6.07, 6.45) is 0. The maximum atomic E-state index is 13.9. The maximum Gasteiger partial charge on any atom is 0.268 e. The predicted molar refractivity (Wildman–Crippen MR) is 149 cm³/mol. The van der Waals surface area contributed by atoms with Gasteiger partial charge in [0.2, 0.25) is 0 Å². The molecule has 36 heavy (non-hydrogen) atoms. The second-order valence-electron chi connectivity index (χ2n) is 8.45. The van der Waals surface area contributed by atoms with Crippen molar-refractivity contribution < 1.29 is 4.79 Å². The molecule has 0 aliphatic rings. The van der Waals surface area contributed by atoms with Crippen LogP contribution in [0.2, 0.25) is 0 Å². The highest BCUT2D eigenvalue weighted by molar-refractivity contribution is 7.99. The van der Waals surface area contributed by atoms with Crippen molar-refractivity contribution in [3.63, 3.8) is 0 Å². The summed E-state index contributed by atoms with van der Waals surface area (Å²) in [6.45, 7) is 1.92. The number of rotatable bonds is 6. The van der Waals surface area contributed by atoms with E-state index in [-0.39, 0.29) is 17.1 Å². The minimum absolute atomic E-state index is 0.0000572. The number of nitrogens with zero attached hydrogens (tertiary/aromatic N) is 2. The number of hydrogen-bond acceptors (Lipinski definition) is 5. The van der Waals surface area contributed by atoms with Gasteiger partial charge in [0.15, 0.2) is 10.9 Å². The third-order valence-corrected chi connectivity index (χ3v) is 7.99. The SMILES string of the molecule is Cc1[nH]c2ccccc2c1C(=O)CSc1nc2scc(-c3ccccc3)c2c(=O)n1-c1ccccc1. The van der Waals surface area contributed by atoms with E-state index in [1.807, 2.05) is 97.2 Å². The van der Waals surface area contributed by atoms with E-state index in [1.165, 1.54) is 23.1 Å². The van der Waals surface area contributed by atoms with Crippen molar-refractivity contribution in [3.05, 3.63) is 112 Å². The molecule has 0 saturated heterocycles. The number of thioether (sulfide) groups is 1. The number of nitrogens with one attached hydrogen (secondary N) is 1. The largest absolute Gasteiger partial charge is 0.358 e. The third kappa shape index (κ3) is 3.86. The Balaban J connectivity index is 1.45. The molecule has 6 aromatic rings. The lowest BCUT2D eigenvalue weighted by Crippen LogP contribution is -2.22. The molecule has 0 bridgehead atoms. The zero-order valence-electron chi connectivity index (χ0n) is 19.4. The van der Waals surface area contributed by atoms with Gasteiger partial charge in [-0.1, -0.05) is 78.5 Å². The molecule has 0 unspecified atom stereocenters. The van der Waals surface area contributed by atoms with Crippen LogP contribution in [-0.2, 0) is 0 Å². The van der Waals surface area contributed by atoms with E-state index in [2.05, 4.69) is 4.98 Å².